The maximum atomic E-state index is 13.3. The molecular formula is C18H28N2O5S. The summed E-state index contributed by atoms with van der Waals surface area (Å²) in [5.41, 5.74) is 1.33. The lowest BCUT2D eigenvalue weighted by Crippen LogP contribution is -2.46. The normalized spacial score (nSPS) is 18.5. The van der Waals surface area contributed by atoms with Gasteiger partial charge in [0.05, 0.1) is 18.6 Å². The summed E-state index contributed by atoms with van der Waals surface area (Å²) in [4.78, 5) is 11.7. The van der Waals surface area contributed by atoms with E-state index in [9.17, 15) is 13.2 Å². The van der Waals surface area contributed by atoms with Gasteiger partial charge in [-0.2, -0.15) is 4.31 Å². The van der Waals surface area contributed by atoms with Crippen LogP contribution in [-0.2, 0) is 19.6 Å². The van der Waals surface area contributed by atoms with Gasteiger partial charge in [-0.25, -0.2) is 8.42 Å². The largest absolute Gasteiger partial charge is 0.497 e. The van der Waals surface area contributed by atoms with E-state index < -0.39 is 10.0 Å². The summed E-state index contributed by atoms with van der Waals surface area (Å²) in [5, 5.41) is 2.49. The Hall–Kier alpha value is -1.64. The fourth-order valence-corrected chi connectivity index (χ4v) is 5.46. The number of nitrogens with zero attached hydrogens (tertiary/aromatic N) is 1. The van der Waals surface area contributed by atoms with Gasteiger partial charge < -0.3 is 14.8 Å². The van der Waals surface area contributed by atoms with Crippen LogP contribution in [0.25, 0.3) is 0 Å². The van der Waals surface area contributed by atoms with Crippen LogP contribution in [0.4, 0.5) is 0 Å². The van der Waals surface area contributed by atoms with Crippen molar-refractivity contribution in [3.8, 4) is 5.75 Å². The SMILES string of the molecule is CNC(=O)COCC1CCCCN1S(=O)(=O)c1c(C)cc(OC)cc1C. The average molecular weight is 384 g/mol. The van der Waals surface area contributed by atoms with Crippen LogP contribution in [0.15, 0.2) is 17.0 Å². The van der Waals surface area contributed by atoms with Gasteiger partial charge in [0.1, 0.15) is 12.4 Å². The second kappa shape index (κ2) is 8.83. The van der Waals surface area contributed by atoms with Crippen LogP contribution in [0.3, 0.4) is 0 Å². The molecule has 1 amide bonds. The predicted octanol–water partition coefficient (Wildman–Crippen LogP) is 1.62. The van der Waals surface area contributed by atoms with Gasteiger partial charge >= 0.3 is 0 Å². The highest BCUT2D eigenvalue weighted by Gasteiger charge is 2.35. The molecule has 8 heteroatoms. The quantitative estimate of drug-likeness (QED) is 0.772. The summed E-state index contributed by atoms with van der Waals surface area (Å²) in [7, 11) is -0.554. The van der Waals surface area contributed by atoms with Gasteiger partial charge in [-0.15, -0.1) is 0 Å². The highest BCUT2D eigenvalue weighted by molar-refractivity contribution is 7.89. The Morgan fingerprint density at radius 1 is 1.27 bits per heavy atom. The summed E-state index contributed by atoms with van der Waals surface area (Å²) < 4.78 is 38.9. The lowest BCUT2D eigenvalue weighted by Gasteiger charge is -2.35. The smallest absolute Gasteiger partial charge is 0.245 e. The highest BCUT2D eigenvalue weighted by atomic mass is 32.2. The van der Waals surface area contributed by atoms with Crippen LogP contribution in [0.1, 0.15) is 30.4 Å². The van der Waals surface area contributed by atoms with E-state index in [0.29, 0.717) is 28.3 Å². The van der Waals surface area contributed by atoms with Crippen LogP contribution in [0.2, 0.25) is 0 Å². The summed E-state index contributed by atoms with van der Waals surface area (Å²) >= 11 is 0. The average Bonchev–Trinajstić information content (AvgIpc) is 2.60. The van der Waals surface area contributed by atoms with E-state index in [2.05, 4.69) is 5.32 Å². The zero-order valence-corrected chi connectivity index (χ0v) is 16.7. The molecule has 7 nitrogen and oxygen atoms in total. The molecular weight excluding hydrogens is 356 g/mol. The van der Waals surface area contributed by atoms with E-state index in [1.165, 1.54) is 11.4 Å². The number of ether oxygens (including phenoxy) is 2. The molecule has 1 aliphatic rings. The predicted molar refractivity (Wildman–Crippen MR) is 98.9 cm³/mol. The fraction of sp³-hybridized carbons (Fsp3) is 0.611. The first-order valence-electron chi connectivity index (χ1n) is 8.76. The number of aryl methyl sites for hydroxylation is 2. The van der Waals surface area contributed by atoms with Gasteiger partial charge in [0.2, 0.25) is 15.9 Å². The van der Waals surface area contributed by atoms with E-state index in [0.717, 1.165) is 19.3 Å². The number of carbonyl (C=O) groups excluding carboxylic acids is 1. The first-order valence-corrected chi connectivity index (χ1v) is 10.2. The van der Waals surface area contributed by atoms with Crippen molar-refractivity contribution in [1.82, 2.24) is 9.62 Å². The van der Waals surface area contributed by atoms with Crippen molar-refractivity contribution < 1.29 is 22.7 Å². The van der Waals surface area contributed by atoms with Gasteiger partial charge in [-0.3, -0.25) is 4.79 Å². The number of carbonyl (C=O) groups is 1. The molecule has 1 heterocycles. The molecule has 1 aliphatic heterocycles. The van der Waals surface area contributed by atoms with Crippen molar-refractivity contribution in [2.24, 2.45) is 0 Å². The standard InChI is InChI=1S/C18H28N2O5S/c1-13-9-16(24-4)10-14(2)18(13)26(22,23)20-8-6-5-7-15(20)11-25-12-17(21)19-3/h9-10,15H,5-8,11-12H2,1-4H3,(H,19,21). The maximum Gasteiger partial charge on any atom is 0.245 e. The molecule has 0 aromatic heterocycles. The molecule has 0 spiro atoms. The van der Waals surface area contributed by atoms with Crippen LogP contribution in [-0.4, -0.2) is 58.6 Å². The number of sulfonamides is 1. The lowest BCUT2D eigenvalue weighted by atomic mass is 10.1. The first-order chi connectivity index (χ1) is 12.3. The molecule has 0 saturated carbocycles. The topological polar surface area (TPSA) is 84.9 Å². The number of piperidine rings is 1. The van der Waals surface area contributed by atoms with E-state index in [1.54, 1.807) is 33.1 Å². The molecule has 1 saturated heterocycles. The van der Waals surface area contributed by atoms with Crippen molar-refractivity contribution >= 4 is 15.9 Å². The van der Waals surface area contributed by atoms with Crippen LogP contribution in [0, 0.1) is 13.8 Å². The second-order valence-electron chi connectivity index (χ2n) is 6.54. The Labute approximate surface area is 155 Å². The summed E-state index contributed by atoms with van der Waals surface area (Å²) in [6.07, 6.45) is 2.49. The third-order valence-corrected chi connectivity index (χ3v) is 6.89. The van der Waals surface area contributed by atoms with Crippen molar-refractivity contribution in [3.63, 3.8) is 0 Å². The fourth-order valence-electron chi connectivity index (χ4n) is 3.37. The lowest BCUT2D eigenvalue weighted by molar-refractivity contribution is -0.125. The Kier molecular flexibility index (Phi) is 7.02. The molecule has 1 fully saturated rings. The zero-order chi connectivity index (χ0) is 19.3. The molecule has 0 aliphatic carbocycles. The molecule has 26 heavy (non-hydrogen) atoms. The summed E-state index contributed by atoms with van der Waals surface area (Å²) in [6.45, 7) is 4.16. The zero-order valence-electron chi connectivity index (χ0n) is 15.9. The maximum absolute atomic E-state index is 13.3. The Balaban J connectivity index is 2.26. The van der Waals surface area contributed by atoms with Gasteiger partial charge in [-0.05, 0) is 49.9 Å². The summed E-state index contributed by atoms with van der Waals surface area (Å²) in [6, 6.07) is 3.21. The summed E-state index contributed by atoms with van der Waals surface area (Å²) in [5.74, 6) is 0.417. The number of hydrogen-bond acceptors (Lipinski definition) is 5. The highest BCUT2D eigenvalue weighted by Crippen LogP contribution is 2.31. The molecule has 1 aromatic carbocycles. The molecule has 146 valence electrons. The van der Waals surface area contributed by atoms with Crippen LogP contribution in [0.5, 0.6) is 5.75 Å². The van der Waals surface area contributed by atoms with E-state index in [4.69, 9.17) is 9.47 Å². The molecule has 1 atom stereocenters. The van der Waals surface area contributed by atoms with E-state index >= 15 is 0 Å². The van der Waals surface area contributed by atoms with Gasteiger partial charge in [0.15, 0.2) is 0 Å². The third-order valence-electron chi connectivity index (χ3n) is 4.63. The third kappa shape index (κ3) is 4.55. The number of likely N-dealkylation sites (N-methyl/N-ethyl adjacent to an activating group) is 1. The number of nitrogens with one attached hydrogen (secondary N) is 1. The minimum Gasteiger partial charge on any atom is -0.497 e. The molecule has 1 aromatic rings. The van der Waals surface area contributed by atoms with Gasteiger partial charge in [0.25, 0.3) is 0 Å². The monoisotopic (exact) mass is 384 g/mol. The Bertz CT molecular complexity index is 725. The van der Waals surface area contributed by atoms with Crippen molar-refractivity contribution in [2.45, 2.75) is 44.0 Å². The van der Waals surface area contributed by atoms with Crippen molar-refractivity contribution in [2.75, 3.05) is 33.9 Å². The number of methoxy groups -OCH3 is 1. The minimum absolute atomic E-state index is 0.0680. The number of benzene rings is 1. The molecule has 0 bridgehead atoms. The van der Waals surface area contributed by atoms with Gasteiger partial charge in [-0.1, -0.05) is 6.42 Å². The van der Waals surface area contributed by atoms with Crippen molar-refractivity contribution in [1.29, 1.82) is 0 Å². The minimum atomic E-state index is -3.66. The van der Waals surface area contributed by atoms with Crippen molar-refractivity contribution in [3.05, 3.63) is 23.3 Å². The molecule has 0 radical (unpaired) electrons. The van der Waals surface area contributed by atoms with E-state index in [-0.39, 0.29) is 25.2 Å². The molecule has 1 N–H and O–H groups in total. The van der Waals surface area contributed by atoms with E-state index in [1.807, 2.05) is 0 Å². The molecule has 2 rings (SSSR count). The number of amides is 1. The first kappa shape index (κ1) is 20.7. The van der Waals surface area contributed by atoms with Crippen LogP contribution >= 0.6 is 0 Å². The number of rotatable bonds is 7. The Morgan fingerprint density at radius 2 is 1.92 bits per heavy atom. The Morgan fingerprint density at radius 3 is 2.50 bits per heavy atom. The second-order valence-corrected chi connectivity index (χ2v) is 8.37. The van der Waals surface area contributed by atoms with Gasteiger partial charge in [0, 0.05) is 19.6 Å². The number of hydrogen-bond donors (Lipinski definition) is 1. The molecule has 1 unspecified atom stereocenters. The van der Waals surface area contributed by atoms with Crippen LogP contribution < -0.4 is 10.1 Å².